The first-order chi connectivity index (χ1) is 8.31. The molecule has 1 fully saturated rings. The van der Waals surface area contributed by atoms with Crippen LogP contribution < -0.4 is 5.32 Å². The number of benzene rings is 1. The lowest BCUT2D eigenvalue weighted by atomic mass is 10.0. The monoisotopic (exact) mass is 269 g/mol. The van der Waals surface area contributed by atoms with Gasteiger partial charge in [-0.2, -0.15) is 0 Å². The molecule has 0 saturated heterocycles. The van der Waals surface area contributed by atoms with Gasteiger partial charge in [-0.05, 0) is 31.5 Å². The second-order valence-electron chi connectivity index (χ2n) is 4.64. The Morgan fingerprint density at radius 3 is 2.76 bits per heavy atom. The van der Waals surface area contributed by atoms with Gasteiger partial charge in [-0.3, -0.25) is 0 Å². The van der Waals surface area contributed by atoms with E-state index in [2.05, 4.69) is 11.4 Å². The van der Waals surface area contributed by atoms with E-state index in [0.29, 0.717) is 0 Å². The molecule has 0 aliphatic heterocycles. The maximum Gasteiger partial charge on any atom is 0.0545 e. The van der Waals surface area contributed by atoms with Gasteiger partial charge < -0.3 is 5.32 Å². The summed E-state index contributed by atoms with van der Waals surface area (Å²) in [5.74, 6) is 0. The third-order valence-electron chi connectivity index (χ3n) is 3.25. The summed E-state index contributed by atoms with van der Waals surface area (Å²) in [4.78, 5) is 1.29. The Kier molecular flexibility index (Phi) is 5.20. The molecule has 1 nitrogen and oxygen atoms in total. The highest BCUT2D eigenvalue weighted by Gasteiger charge is 2.17. The molecule has 1 aromatic carbocycles. The molecule has 0 atom stereocenters. The summed E-state index contributed by atoms with van der Waals surface area (Å²) in [7, 11) is 1.98. The minimum absolute atomic E-state index is 0.763. The van der Waals surface area contributed by atoms with Crippen molar-refractivity contribution >= 4 is 23.4 Å². The van der Waals surface area contributed by atoms with Crippen LogP contribution in [-0.4, -0.2) is 12.3 Å². The SMILES string of the molecule is CNCc1cccc(Cl)c1SC1CCCCC1. The smallest absolute Gasteiger partial charge is 0.0545 e. The molecule has 1 aromatic rings. The van der Waals surface area contributed by atoms with E-state index in [0.717, 1.165) is 16.8 Å². The van der Waals surface area contributed by atoms with Crippen LogP contribution >= 0.6 is 23.4 Å². The topological polar surface area (TPSA) is 12.0 Å². The van der Waals surface area contributed by atoms with E-state index in [-0.39, 0.29) is 0 Å². The van der Waals surface area contributed by atoms with Gasteiger partial charge in [-0.1, -0.05) is 43.0 Å². The van der Waals surface area contributed by atoms with E-state index in [9.17, 15) is 0 Å². The molecule has 94 valence electrons. The predicted molar refractivity (Wildman–Crippen MR) is 76.9 cm³/mol. The fraction of sp³-hybridized carbons (Fsp3) is 0.571. The van der Waals surface area contributed by atoms with Crippen molar-refractivity contribution in [2.45, 2.75) is 48.8 Å². The number of halogens is 1. The highest BCUT2D eigenvalue weighted by molar-refractivity contribution is 8.00. The first-order valence-electron chi connectivity index (χ1n) is 6.40. The number of hydrogen-bond acceptors (Lipinski definition) is 2. The van der Waals surface area contributed by atoms with Crippen LogP contribution in [0.25, 0.3) is 0 Å². The van der Waals surface area contributed by atoms with Crippen molar-refractivity contribution in [3.63, 3.8) is 0 Å². The number of thioether (sulfide) groups is 1. The van der Waals surface area contributed by atoms with Crippen LogP contribution in [0.15, 0.2) is 23.1 Å². The Balaban J connectivity index is 2.12. The lowest BCUT2D eigenvalue weighted by molar-refractivity contribution is 0.516. The van der Waals surface area contributed by atoms with Crippen LogP contribution in [-0.2, 0) is 6.54 Å². The van der Waals surface area contributed by atoms with Crippen LogP contribution in [0.2, 0.25) is 5.02 Å². The van der Waals surface area contributed by atoms with Crippen LogP contribution in [0.4, 0.5) is 0 Å². The molecule has 0 spiro atoms. The van der Waals surface area contributed by atoms with Crippen molar-refractivity contribution in [3.8, 4) is 0 Å². The first-order valence-corrected chi connectivity index (χ1v) is 7.65. The molecule has 0 unspecified atom stereocenters. The Morgan fingerprint density at radius 2 is 2.06 bits per heavy atom. The Bertz CT molecular complexity index is 361. The fourth-order valence-corrected chi connectivity index (χ4v) is 4.07. The number of rotatable bonds is 4. The molecule has 0 amide bonds. The summed E-state index contributed by atoms with van der Waals surface area (Å²) in [5, 5.41) is 4.89. The van der Waals surface area contributed by atoms with Gasteiger partial charge in [0.05, 0.1) is 5.02 Å². The van der Waals surface area contributed by atoms with E-state index >= 15 is 0 Å². The Morgan fingerprint density at radius 1 is 1.29 bits per heavy atom. The van der Waals surface area contributed by atoms with Gasteiger partial charge in [-0.15, -0.1) is 11.8 Å². The normalized spacial score (nSPS) is 17.3. The largest absolute Gasteiger partial charge is 0.316 e. The van der Waals surface area contributed by atoms with Gasteiger partial charge in [0.1, 0.15) is 0 Å². The summed E-state index contributed by atoms with van der Waals surface area (Å²) in [6, 6.07) is 6.22. The summed E-state index contributed by atoms with van der Waals surface area (Å²) in [6.07, 6.45) is 6.85. The molecule has 17 heavy (non-hydrogen) atoms. The van der Waals surface area contributed by atoms with Crippen molar-refractivity contribution in [3.05, 3.63) is 28.8 Å². The molecule has 1 aliphatic rings. The summed E-state index contributed by atoms with van der Waals surface area (Å²) in [6.45, 7) is 0.898. The zero-order chi connectivity index (χ0) is 12.1. The van der Waals surface area contributed by atoms with Crippen LogP contribution in [0.5, 0.6) is 0 Å². The Labute approximate surface area is 113 Å². The van der Waals surface area contributed by atoms with Gasteiger partial charge >= 0.3 is 0 Å². The summed E-state index contributed by atoms with van der Waals surface area (Å²) >= 11 is 8.32. The Hall–Kier alpha value is -0.180. The van der Waals surface area contributed by atoms with Crippen molar-refractivity contribution in [1.29, 1.82) is 0 Å². The number of nitrogens with one attached hydrogen (secondary N) is 1. The van der Waals surface area contributed by atoms with Gasteiger partial charge in [0.25, 0.3) is 0 Å². The molecule has 0 heterocycles. The molecular formula is C14H20ClNS. The minimum Gasteiger partial charge on any atom is -0.316 e. The lowest BCUT2D eigenvalue weighted by Crippen LogP contribution is -2.10. The van der Waals surface area contributed by atoms with E-state index in [1.54, 1.807) is 0 Å². The fourth-order valence-electron chi connectivity index (χ4n) is 2.36. The first kappa shape index (κ1) is 13.3. The zero-order valence-corrected chi connectivity index (χ0v) is 11.9. The second-order valence-corrected chi connectivity index (χ2v) is 6.35. The van der Waals surface area contributed by atoms with Gasteiger partial charge in [0.2, 0.25) is 0 Å². The van der Waals surface area contributed by atoms with E-state index in [1.165, 1.54) is 42.6 Å². The van der Waals surface area contributed by atoms with E-state index in [1.807, 2.05) is 30.9 Å². The molecule has 0 radical (unpaired) electrons. The summed E-state index contributed by atoms with van der Waals surface area (Å²) in [5.41, 5.74) is 1.33. The molecular weight excluding hydrogens is 250 g/mol. The third kappa shape index (κ3) is 3.64. The average molecular weight is 270 g/mol. The van der Waals surface area contributed by atoms with Gasteiger partial charge in [0, 0.05) is 16.7 Å². The zero-order valence-electron chi connectivity index (χ0n) is 10.3. The average Bonchev–Trinajstić information content (AvgIpc) is 2.35. The standard InChI is InChI=1S/C14H20ClNS/c1-16-10-11-6-5-9-13(15)14(11)17-12-7-3-2-4-8-12/h5-6,9,12,16H,2-4,7-8,10H2,1H3. The molecule has 0 bridgehead atoms. The maximum absolute atomic E-state index is 6.34. The summed E-state index contributed by atoms with van der Waals surface area (Å²) < 4.78 is 0. The van der Waals surface area contributed by atoms with Gasteiger partial charge in [-0.25, -0.2) is 0 Å². The molecule has 3 heteroatoms. The highest BCUT2D eigenvalue weighted by Crippen LogP contribution is 2.38. The highest BCUT2D eigenvalue weighted by atomic mass is 35.5. The van der Waals surface area contributed by atoms with Crippen LogP contribution in [0.1, 0.15) is 37.7 Å². The van der Waals surface area contributed by atoms with E-state index < -0.39 is 0 Å². The quantitative estimate of drug-likeness (QED) is 0.865. The van der Waals surface area contributed by atoms with Crippen molar-refractivity contribution < 1.29 is 0 Å². The lowest BCUT2D eigenvalue weighted by Gasteiger charge is -2.22. The minimum atomic E-state index is 0.763. The number of hydrogen-bond donors (Lipinski definition) is 1. The molecule has 1 aliphatic carbocycles. The second kappa shape index (κ2) is 6.67. The molecule has 2 rings (SSSR count). The predicted octanol–water partition coefficient (Wildman–Crippen LogP) is 4.48. The molecule has 1 saturated carbocycles. The maximum atomic E-state index is 6.34. The van der Waals surface area contributed by atoms with Crippen LogP contribution in [0.3, 0.4) is 0 Å². The van der Waals surface area contributed by atoms with Gasteiger partial charge in [0.15, 0.2) is 0 Å². The third-order valence-corrected chi connectivity index (χ3v) is 5.20. The molecule has 1 N–H and O–H groups in total. The molecule has 0 aromatic heterocycles. The van der Waals surface area contributed by atoms with E-state index in [4.69, 9.17) is 11.6 Å². The van der Waals surface area contributed by atoms with Crippen LogP contribution in [0, 0.1) is 0 Å². The van der Waals surface area contributed by atoms with Crippen molar-refractivity contribution in [1.82, 2.24) is 5.32 Å². The van der Waals surface area contributed by atoms with Crippen molar-refractivity contribution in [2.24, 2.45) is 0 Å². The van der Waals surface area contributed by atoms with Crippen molar-refractivity contribution in [2.75, 3.05) is 7.05 Å².